The second-order valence-corrected chi connectivity index (χ2v) is 5.22. The maximum Gasteiger partial charge on any atom is 0.321 e. The summed E-state index contributed by atoms with van der Waals surface area (Å²) in [5.41, 5.74) is 7.42. The normalized spacial score (nSPS) is 16.2. The van der Waals surface area contributed by atoms with E-state index in [0.717, 1.165) is 43.8 Å². The number of nitrogens with zero attached hydrogens (tertiary/aromatic N) is 1. The highest BCUT2D eigenvalue weighted by atomic mass is 16.5. The van der Waals surface area contributed by atoms with E-state index >= 15 is 0 Å². The van der Waals surface area contributed by atoms with Crippen LogP contribution in [0.25, 0.3) is 0 Å². The largest absolute Gasteiger partial charge is 0.384 e. The number of rotatable bonds is 4. The molecule has 0 unspecified atom stereocenters. The van der Waals surface area contributed by atoms with Crippen molar-refractivity contribution >= 4 is 11.7 Å². The first-order valence-corrected chi connectivity index (χ1v) is 7.07. The molecule has 5 heteroatoms. The minimum Gasteiger partial charge on any atom is -0.384 e. The number of hydrogen-bond acceptors (Lipinski definition) is 3. The van der Waals surface area contributed by atoms with Crippen LogP contribution >= 0.6 is 0 Å². The standard InChI is InChI=1S/C15H23N3O2/c1-20-11-13-6-8-18(9-7-13)15(19)17-14-4-2-12(10-16)3-5-14/h2-5,13H,6-11,16H2,1H3,(H,17,19). The van der Waals surface area contributed by atoms with E-state index in [1.165, 1.54) is 0 Å². The Morgan fingerprint density at radius 2 is 2.00 bits per heavy atom. The van der Waals surface area contributed by atoms with E-state index in [4.69, 9.17) is 10.5 Å². The van der Waals surface area contributed by atoms with Gasteiger partial charge in [-0.15, -0.1) is 0 Å². The van der Waals surface area contributed by atoms with Crippen molar-refractivity contribution in [2.24, 2.45) is 11.7 Å². The van der Waals surface area contributed by atoms with E-state index in [9.17, 15) is 4.79 Å². The lowest BCUT2D eigenvalue weighted by atomic mass is 9.98. The highest BCUT2D eigenvalue weighted by molar-refractivity contribution is 5.89. The molecule has 3 N–H and O–H groups in total. The fraction of sp³-hybridized carbons (Fsp3) is 0.533. The molecule has 0 saturated carbocycles. The highest BCUT2D eigenvalue weighted by Gasteiger charge is 2.22. The zero-order chi connectivity index (χ0) is 14.4. The maximum absolute atomic E-state index is 12.1. The zero-order valence-corrected chi connectivity index (χ0v) is 12.0. The van der Waals surface area contributed by atoms with Crippen molar-refractivity contribution in [1.82, 2.24) is 4.90 Å². The highest BCUT2D eigenvalue weighted by Crippen LogP contribution is 2.18. The molecule has 0 spiro atoms. The van der Waals surface area contributed by atoms with Crippen LogP contribution in [-0.2, 0) is 11.3 Å². The van der Waals surface area contributed by atoms with Gasteiger partial charge in [0.2, 0.25) is 0 Å². The lowest BCUT2D eigenvalue weighted by Crippen LogP contribution is -2.41. The molecule has 2 amide bonds. The number of hydrogen-bond donors (Lipinski definition) is 2. The predicted octanol–water partition coefficient (Wildman–Crippen LogP) is 2.04. The van der Waals surface area contributed by atoms with Gasteiger partial charge in [-0.1, -0.05) is 12.1 Å². The first-order valence-electron chi connectivity index (χ1n) is 7.07. The Kier molecular flexibility index (Phi) is 5.38. The van der Waals surface area contributed by atoms with Gasteiger partial charge < -0.3 is 20.7 Å². The molecule has 1 aromatic carbocycles. The second-order valence-electron chi connectivity index (χ2n) is 5.22. The van der Waals surface area contributed by atoms with Crippen LogP contribution < -0.4 is 11.1 Å². The summed E-state index contributed by atoms with van der Waals surface area (Å²) >= 11 is 0. The summed E-state index contributed by atoms with van der Waals surface area (Å²) in [6, 6.07) is 7.61. The van der Waals surface area contributed by atoms with Crippen molar-refractivity contribution in [3.05, 3.63) is 29.8 Å². The van der Waals surface area contributed by atoms with Gasteiger partial charge in [-0.25, -0.2) is 4.79 Å². The fourth-order valence-corrected chi connectivity index (χ4v) is 2.47. The van der Waals surface area contributed by atoms with Gasteiger partial charge in [-0.05, 0) is 36.5 Å². The smallest absolute Gasteiger partial charge is 0.321 e. The molecule has 0 atom stereocenters. The van der Waals surface area contributed by atoms with Crippen LogP contribution in [0, 0.1) is 5.92 Å². The van der Waals surface area contributed by atoms with Crippen molar-refractivity contribution in [2.45, 2.75) is 19.4 Å². The number of piperidine rings is 1. The Labute approximate surface area is 120 Å². The summed E-state index contributed by atoms with van der Waals surface area (Å²) in [7, 11) is 1.73. The van der Waals surface area contributed by atoms with Crippen LogP contribution in [0.15, 0.2) is 24.3 Å². The number of nitrogens with one attached hydrogen (secondary N) is 1. The Balaban J connectivity index is 1.83. The zero-order valence-electron chi connectivity index (χ0n) is 12.0. The lowest BCUT2D eigenvalue weighted by molar-refractivity contribution is 0.110. The molecule has 1 heterocycles. The molecule has 20 heavy (non-hydrogen) atoms. The Morgan fingerprint density at radius 3 is 2.55 bits per heavy atom. The minimum atomic E-state index is -0.0265. The molecule has 0 radical (unpaired) electrons. The molecule has 0 aliphatic carbocycles. The SMILES string of the molecule is COCC1CCN(C(=O)Nc2ccc(CN)cc2)CC1. The third-order valence-corrected chi connectivity index (χ3v) is 3.75. The number of benzene rings is 1. The molecule has 110 valence electrons. The van der Waals surface area contributed by atoms with Crippen LogP contribution in [0.1, 0.15) is 18.4 Å². The van der Waals surface area contributed by atoms with E-state index in [1.807, 2.05) is 29.2 Å². The maximum atomic E-state index is 12.1. The third-order valence-electron chi connectivity index (χ3n) is 3.75. The van der Waals surface area contributed by atoms with E-state index < -0.39 is 0 Å². The number of carbonyl (C=O) groups excluding carboxylic acids is 1. The number of amides is 2. The van der Waals surface area contributed by atoms with Gasteiger partial charge in [0.05, 0.1) is 0 Å². The van der Waals surface area contributed by atoms with Crippen LogP contribution in [0.4, 0.5) is 10.5 Å². The molecule has 1 aromatic rings. The molecule has 2 rings (SSSR count). The van der Waals surface area contributed by atoms with Crippen LogP contribution in [0.3, 0.4) is 0 Å². The summed E-state index contributed by atoms with van der Waals surface area (Å²) in [6.07, 6.45) is 2.01. The number of methoxy groups -OCH3 is 1. The Hall–Kier alpha value is -1.59. The summed E-state index contributed by atoms with van der Waals surface area (Å²) in [4.78, 5) is 14.0. The summed E-state index contributed by atoms with van der Waals surface area (Å²) in [6.45, 7) is 2.89. The number of urea groups is 1. The molecule has 0 bridgehead atoms. The van der Waals surface area contributed by atoms with E-state index in [1.54, 1.807) is 7.11 Å². The van der Waals surface area contributed by atoms with Crippen molar-refractivity contribution in [3.8, 4) is 0 Å². The van der Waals surface area contributed by atoms with Gasteiger partial charge in [0.25, 0.3) is 0 Å². The number of ether oxygens (including phenoxy) is 1. The van der Waals surface area contributed by atoms with Gasteiger partial charge in [-0.3, -0.25) is 0 Å². The number of anilines is 1. The van der Waals surface area contributed by atoms with Crippen LogP contribution in [-0.4, -0.2) is 37.7 Å². The van der Waals surface area contributed by atoms with Gasteiger partial charge in [0, 0.05) is 39.0 Å². The van der Waals surface area contributed by atoms with E-state index in [2.05, 4.69) is 5.32 Å². The first-order chi connectivity index (χ1) is 9.72. The monoisotopic (exact) mass is 277 g/mol. The van der Waals surface area contributed by atoms with Crippen molar-refractivity contribution in [3.63, 3.8) is 0 Å². The summed E-state index contributed by atoms with van der Waals surface area (Å²) < 4.78 is 5.17. The predicted molar refractivity (Wildman–Crippen MR) is 79.5 cm³/mol. The summed E-state index contributed by atoms with van der Waals surface area (Å²) in [5, 5.41) is 2.92. The molecular formula is C15H23N3O2. The van der Waals surface area contributed by atoms with E-state index in [0.29, 0.717) is 12.5 Å². The molecule has 0 aromatic heterocycles. The van der Waals surface area contributed by atoms with Gasteiger partial charge in [0.15, 0.2) is 0 Å². The molecular weight excluding hydrogens is 254 g/mol. The van der Waals surface area contributed by atoms with E-state index in [-0.39, 0.29) is 6.03 Å². The lowest BCUT2D eigenvalue weighted by Gasteiger charge is -2.31. The number of nitrogens with two attached hydrogens (primary N) is 1. The van der Waals surface area contributed by atoms with Crippen molar-refractivity contribution in [2.75, 3.05) is 32.1 Å². The minimum absolute atomic E-state index is 0.0265. The molecule has 1 saturated heterocycles. The average molecular weight is 277 g/mol. The quantitative estimate of drug-likeness (QED) is 0.885. The second kappa shape index (κ2) is 7.26. The Morgan fingerprint density at radius 1 is 1.35 bits per heavy atom. The molecule has 1 fully saturated rings. The first kappa shape index (κ1) is 14.8. The van der Waals surface area contributed by atoms with Gasteiger partial charge >= 0.3 is 6.03 Å². The van der Waals surface area contributed by atoms with Crippen LogP contribution in [0.2, 0.25) is 0 Å². The van der Waals surface area contributed by atoms with Crippen molar-refractivity contribution in [1.29, 1.82) is 0 Å². The average Bonchev–Trinajstić information content (AvgIpc) is 2.49. The number of carbonyl (C=O) groups is 1. The fourth-order valence-electron chi connectivity index (χ4n) is 2.47. The van der Waals surface area contributed by atoms with Gasteiger partial charge in [-0.2, -0.15) is 0 Å². The van der Waals surface area contributed by atoms with Crippen molar-refractivity contribution < 1.29 is 9.53 Å². The summed E-state index contributed by atoms with van der Waals surface area (Å²) in [5.74, 6) is 0.577. The Bertz CT molecular complexity index is 425. The molecule has 1 aliphatic heterocycles. The third kappa shape index (κ3) is 3.95. The number of likely N-dealkylation sites (tertiary alicyclic amines) is 1. The molecule has 5 nitrogen and oxygen atoms in total. The van der Waals surface area contributed by atoms with Crippen LogP contribution in [0.5, 0.6) is 0 Å². The van der Waals surface area contributed by atoms with Gasteiger partial charge in [0.1, 0.15) is 0 Å². The topological polar surface area (TPSA) is 67.6 Å². The molecule has 1 aliphatic rings.